The number of carbonyl (C=O) groups excluding carboxylic acids is 2. The Kier molecular flexibility index (Phi) is 3.06. The van der Waals surface area contributed by atoms with Crippen LogP contribution in [0.3, 0.4) is 0 Å². The number of ketones is 1. The van der Waals surface area contributed by atoms with E-state index in [1.165, 1.54) is 6.08 Å². The third-order valence-corrected chi connectivity index (χ3v) is 4.80. The van der Waals surface area contributed by atoms with Crippen molar-refractivity contribution in [1.82, 2.24) is 0 Å². The predicted molar refractivity (Wildman–Crippen MR) is 69.5 cm³/mol. The predicted octanol–water partition coefficient (Wildman–Crippen LogP) is 0.363. The summed E-state index contributed by atoms with van der Waals surface area (Å²) >= 11 is 0. The van der Waals surface area contributed by atoms with Crippen molar-refractivity contribution in [1.29, 1.82) is 0 Å². The van der Waals surface area contributed by atoms with Crippen LogP contribution in [0.2, 0.25) is 0 Å². The van der Waals surface area contributed by atoms with Gasteiger partial charge in [-0.3, -0.25) is 9.59 Å². The molecule has 1 heterocycles. The van der Waals surface area contributed by atoms with E-state index in [0.29, 0.717) is 17.6 Å². The summed E-state index contributed by atoms with van der Waals surface area (Å²) in [6, 6.07) is 0. The molecule has 5 heteroatoms. The smallest absolute Gasteiger partial charge is 0.309 e. The fourth-order valence-electron chi connectivity index (χ4n) is 3.83. The molecule has 0 spiro atoms. The Balaban J connectivity index is 2.11. The average molecular weight is 278 g/mol. The van der Waals surface area contributed by atoms with Crippen LogP contribution in [0.5, 0.6) is 0 Å². The number of allylic oxidation sites excluding steroid dienone is 1. The molecule has 0 amide bonds. The minimum atomic E-state index is -0.702. The molecule has 108 valence electrons. The number of esters is 1. The Morgan fingerprint density at radius 1 is 1.40 bits per heavy atom. The van der Waals surface area contributed by atoms with E-state index in [-0.39, 0.29) is 24.3 Å². The summed E-state index contributed by atoms with van der Waals surface area (Å²) in [7, 11) is 0. The van der Waals surface area contributed by atoms with Gasteiger partial charge in [-0.15, -0.1) is 0 Å². The number of rotatable bonds is 1. The molecule has 5 nitrogen and oxygen atoms in total. The molecule has 0 saturated carbocycles. The molecule has 1 aliphatic heterocycles. The van der Waals surface area contributed by atoms with E-state index >= 15 is 0 Å². The van der Waals surface area contributed by atoms with Gasteiger partial charge in [-0.1, -0.05) is 12.5 Å². The van der Waals surface area contributed by atoms with Gasteiger partial charge in [0.25, 0.3) is 0 Å². The Bertz CT molecular complexity index is 544. The van der Waals surface area contributed by atoms with E-state index in [2.05, 4.69) is 0 Å². The maximum Gasteiger partial charge on any atom is 0.309 e. The zero-order chi connectivity index (χ0) is 14.6. The van der Waals surface area contributed by atoms with Crippen LogP contribution in [0, 0.1) is 17.8 Å². The van der Waals surface area contributed by atoms with E-state index in [1.54, 1.807) is 6.92 Å². The molecule has 0 aromatic rings. The van der Waals surface area contributed by atoms with Crippen molar-refractivity contribution in [3.8, 4) is 0 Å². The van der Waals surface area contributed by atoms with Crippen LogP contribution < -0.4 is 0 Å². The molecule has 20 heavy (non-hydrogen) atoms. The summed E-state index contributed by atoms with van der Waals surface area (Å²) in [5.74, 6) is -1.60. The highest BCUT2D eigenvalue weighted by molar-refractivity contribution is 6.09. The van der Waals surface area contributed by atoms with Crippen LogP contribution in [-0.2, 0) is 14.3 Å². The van der Waals surface area contributed by atoms with Gasteiger partial charge in [0.05, 0.1) is 18.6 Å². The topological polar surface area (TPSA) is 83.8 Å². The van der Waals surface area contributed by atoms with Crippen molar-refractivity contribution in [2.24, 2.45) is 17.8 Å². The third-order valence-electron chi connectivity index (χ3n) is 4.80. The average Bonchev–Trinajstić information content (AvgIpc) is 2.83. The van der Waals surface area contributed by atoms with Crippen molar-refractivity contribution < 1.29 is 24.5 Å². The summed E-state index contributed by atoms with van der Waals surface area (Å²) in [6.07, 6.45) is 0.554. The first kappa shape index (κ1) is 13.5. The molecular formula is C15H18O5. The van der Waals surface area contributed by atoms with Crippen molar-refractivity contribution in [2.75, 3.05) is 6.61 Å². The maximum atomic E-state index is 12.1. The molecule has 1 saturated heterocycles. The van der Waals surface area contributed by atoms with Crippen LogP contribution in [0.25, 0.3) is 0 Å². The van der Waals surface area contributed by atoms with Gasteiger partial charge in [0.15, 0.2) is 5.78 Å². The highest BCUT2D eigenvalue weighted by atomic mass is 16.6. The van der Waals surface area contributed by atoms with Gasteiger partial charge in [0.2, 0.25) is 0 Å². The fourth-order valence-corrected chi connectivity index (χ4v) is 3.83. The minimum Gasteiger partial charge on any atom is -0.461 e. The monoisotopic (exact) mass is 278 g/mol. The molecular weight excluding hydrogens is 260 g/mol. The van der Waals surface area contributed by atoms with E-state index in [9.17, 15) is 19.8 Å². The standard InChI is InChI=1S/C15H18O5/c1-6-3-9(17)12-7(2)15(19)20-14(12)13-8(5-16)4-10(18)11(6)13/h4,7,9,12-14,16-17H,3,5H2,1-2H3/t7-,9+,12+,13-,14-/m0/s1. The van der Waals surface area contributed by atoms with Crippen molar-refractivity contribution in [3.05, 3.63) is 22.8 Å². The van der Waals surface area contributed by atoms with E-state index in [0.717, 1.165) is 5.57 Å². The van der Waals surface area contributed by atoms with Gasteiger partial charge in [-0.2, -0.15) is 0 Å². The van der Waals surface area contributed by atoms with Gasteiger partial charge in [0, 0.05) is 17.4 Å². The molecule has 0 bridgehead atoms. The summed E-state index contributed by atoms with van der Waals surface area (Å²) in [6.45, 7) is 3.33. The molecule has 0 unspecified atom stereocenters. The van der Waals surface area contributed by atoms with Crippen LogP contribution in [-0.4, -0.2) is 40.8 Å². The maximum absolute atomic E-state index is 12.1. The fraction of sp³-hybridized carbons (Fsp3) is 0.600. The van der Waals surface area contributed by atoms with Crippen LogP contribution in [0.1, 0.15) is 20.3 Å². The number of hydrogen-bond acceptors (Lipinski definition) is 5. The van der Waals surface area contributed by atoms with Crippen molar-refractivity contribution in [2.45, 2.75) is 32.5 Å². The normalized spacial score (nSPS) is 40.2. The first-order valence-corrected chi connectivity index (χ1v) is 6.89. The summed E-state index contributed by atoms with van der Waals surface area (Å²) in [5, 5.41) is 19.8. The zero-order valence-corrected chi connectivity index (χ0v) is 11.5. The molecule has 0 aromatic heterocycles. The largest absolute Gasteiger partial charge is 0.461 e. The van der Waals surface area contributed by atoms with Gasteiger partial charge in [-0.25, -0.2) is 0 Å². The zero-order valence-electron chi connectivity index (χ0n) is 11.5. The second-order valence-corrected chi connectivity index (χ2v) is 5.95. The van der Waals surface area contributed by atoms with Gasteiger partial charge < -0.3 is 14.9 Å². The second-order valence-electron chi connectivity index (χ2n) is 5.95. The van der Waals surface area contributed by atoms with E-state index < -0.39 is 24.0 Å². The first-order chi connectivity index (χ1) is 9.45. The summed E-state index contributed by atoms with van der Waals surface area (Å²) < 4.78 is 5.43. The molecule has 3 aliphatic rings. The first-order valence-electron chi connectivity index (χ1n) is 6.89. The lowest BCUT2D eigenvalue weighted by Crippen LogP contribution is -2.35. The number of fused-ring (bicyclic) bond motifs is 3. The van der Waals surface area contributed by atoms with Crippen molar-refractivity contribution in [3.63, 3.8) is 0 Å². The summed E-state index contributed by atoms with van der Waals surface area (Å²) in [5.41, 5.74) is 1.99. The Hall–Kier alpha value is -1.46. The number of hydrogen-bond donors (Lipinski definition) is 2. The van der Waals surface area contributed by atoms with E-state index in [4.69, 9.17) is 4.74 Å². The molecule has 3 rings (SSSR count). The lowest BCUT2D eigenvalue weighted by molar-refractivity contribution is -0.145. The highest BCUT2D eigenvalue weighted by Crippen LogP contribution is 2.47. The Morgan fingerprint density at radius 3 is 2.75 bits per heavy atom. The minimum absolute atomic E-state index is 0.139. The lowest BCUT2D eigenvalue weighted by Gasteiger charge is -2.27. The molecule has 0 aromatic carbocycles. The second kappa shape index (κ2) is 4.53. The van der Waals surface area contributed by atoms with Crippen LogP contribution in [0.4, 0.5) is 0 Å². The van der Waals surface area contributed by atoms with E-state index in [1.807, 2.05) is 6.92 Å². The van der Waals surface area contributed by atoms with Gasteiger partial charge in [0.1, 0.15) is 6.10 Å². The van der Waals surface area contributed by atoms with Crippen LogP contribution in [0.15, 0.2) is 22.8 Å². The Labute approximate surface area is 116 Å². The van der Waals surface area contributed by atoms with Crippen molar-refractivity contribution >= 4 is 11.8 Å². The number of ether oxygens (including phenoxy) is 1. The number of aliphatic hydroxyl groups is 2. The molecule has 2 aliphatic carbocycles. The SMILES string of the molecule is CC1=C2C(=O)C=C(CO)[C@@H]2[C@H]2OC(=O)[C@@H](C)[C@@H]2[C@H](O)C1. The Morgan fingerprint density at radius 2 is 2.10 bits per heavy atom. The quantitative estimate of drug-likeness (QED) is 0.677. The molecule has 5 atom stereocenters. The van der Waals surface area contributed by atoms with Gasteiger partial charge >= 0.3 is 5.97 Å². The lowest BCUT2D eigenvalue weighted by atomic mass is 9.79. The molecule has 1 fully saturated rings. The van der Waals surface area contributed by atoms with Gasteiger partial charge in [-0.05, 0) is 25.0 Å². The number of aliphatic hydroxyl groups excluding tert-OH is 2. The van der Waals surface area contributed by atoms with Crippen LogP contribution >= 0.6 is 0 Å². The highest BCUT2D eigenvalue weighted by Gasteiger charge is 2.54. The molecule has 0 radical (unpaired) electrons. The molecule has 2 N–H and O–H groups in total. The summed E-state index contributed by atoms with van der Waals surface area (Å²) in [4.78, 5) is 24.0. The number of carbonyl (C=O) groups is 2. The third kappa shape index (κ3) is 1.70.